The first-order valence-corrected chi connectivity index (χ1v) is 8.05. The van der Waals surface area contributed by atoms with Crippen LogP contribution in [0.15, 0.2) is 42.4 Å². The molecule has 4 rings (SSSR count). The first-order chi connectivity index (χ1) is 10.4. The highest BCUT2D eigenvalue weighted by atomic mass is 32.1. The third-order valence-corrected chi connectivity index (χ3v) is 4.67. The second-order valence-electron chi connectivity index (χ2n) is 5.33. The summed E-state index contributed by atoms with van der Waals surface area (Å²) in [6, 6.07) is 4.28. The van der Waals surface area contributed by atoms with Gasteiger partial charge in [-0.15, -0.1) is 11.3 Å². The van der Waals surface area contributed by atoms with Gasteiger partial charge in [-0.05, 0) is 18.6 Å². The van der Waals surface area contributed by atoms with Crippen LogP contribution in [0.3, 0.4) is 0 Å². The van der Waals surface area contributed by atoms with Crippen molar-refractivity contribution in [3.8, 4) is 5.13 Å². The van der Waals surface area contributed by atoms with Gasteiger partial charge in [-0.3, -0.25) is 9.47 Å². The van der Waals surface area contributed by atoms with E-state index in [0.717, 1.165) is 31.3 Å². The molecule has 0 saturated carbocycles. The van der Waals surface area contributed by atoms with Crippen LogP contribution in [0.5, 0.6) is 0 Å². The average molecular weight is 299 g/mol. The van der Waals surface area contributed by atoms with Gasteiger partial charge in [0.25, 0.3) is 0 Å². The van der Waals surface area contributed by atoms with E-state index in [1.54, 1.807) is 11.3 Å². The van der Waals surface area contributed by atoms with Gasteiger partial charge in [0, 0.05) is 55.8 Å². The monoisotopic (exact) mass is 299 g/mol. The highest BCUT2D eigenvalue weighted by Gasteiger charge is 2.16. The Morgan fingerprint density at radius 2 is 2.29 bits per heavy atom. The zero-order valence-electron chi connectivity index (χ0n) is 11.7. The van der Waals surface area contributed by atoms with Crippen molar-refractivity contribution < 1.29 is 0 Å². The van der Waals surface area contributed by atoms with Gasteiger partial charge < -0.3 is 4.57 Å². The van der Waals surface area contributed by atoms with Crippen molar-refractivity contribution in [3.63, 3.8) is 0 Å². The zero-order valence-corrected chi connectivity index (χ0v) is 12.5. The number of aryl methyl sites for hydroxylation is 1. The molecule has 0 saturated heterocycles. The lowest BCUT2D eigenvalue weighted by molar-refractivity contribution is 0.256. The summed E-state index contributed by atoms with van der Waals surface area (Å²) in [7, 11) is 0. The lowest BCUT2D eigenvalue weighted by Crippen LogP contribution is -2.24. The van der Waals surface area contributed by atoms with Crippen LogP contribution in [0.25, 0.3) is 5.13 Å². The van der Waals surface area contributed by atoms with Crippen molar-refractivity contribution in [1.82, 2.24) is 24.0 Å². The number of nitrogens with zero attached hydrogens (tertiary/aromatic N) is 5. The molecule has 0 radical (unpaired) electrons. The molecular formula is C15H17N5S. The molecule has 5 nitrogen and oxygen atoms in total. The summed E-state index contributed by atoms with van der Waals surface area (Å²) in [4.78, 5) is 11.2. The fourth-order valence-electron chi connectivity index (χ4n) is 2.88. The first-order valence-electron chi connectivity index (χ1n) is 7.17. The lowest BCUT2D eigenvalue weighted by atomic mass is 10.3. The second-order valence-corrected chi connectivity index (χ2v) is 6.20. The van der Waals surface area contributed by atoms with E-state index in [4.69, 9.17) is 0 Å². The Labute approximate surface area is 127 Å². The minimum atomic E-state index is 0.942. The van der Waals surface area contributed by atoms with E-state index in [0.29, 0.717) is 0 Å². The van der Waals surface area contributed by atoms with Crippen molar-refractivity contribution in [2.24, 2.45) is 0 Å². The molecule has 4 heterocycles. The summed E-state index contributed by atoms with van der Waals surface area (Å²) in [5, 5.41) is 3.05. The predicted molar refractivity (Wildman–Crippen MR) is 82.4 cm³/mol. The van der Waals surface area contributed by atoms with Gasteiger partial charge in [-0.2, -0.15) is 0 Å². The van der Waals surface area contributed by atoms with Crippen molar-refractivity contribution in [2.75, 3.05) is 6.54 Å². The first kappa shape index (κ1) is 12.8. The van der Waals surface area contributed by atoms with Crippen LogP contribution >= 0.6 is 11.3 Å². The number of hydrogen-bond acceptors (Lipinski definition) is 4. The van der Waals surface area contributed by atoms with Crippen LogP contribution in [0.4, 0.5) is 0 Å². The van der Waals surface area contributed by atoms with Crippen molar-refractivity contribution in [3.05, 3.63) is 53.8 Å². The molecule has 0 atom stereocenters. The van der Waals surface area contributed by atoms with Crippen molar-refractivity contribution >= 4 is 11.3 Å². The maximum absolute atomic E-state index is 4.41. The van der Waals surface area contributed by atoms with Crippen molar-refractivity contribution in [2.45, 2.75) is 26.1 Å². The SMILES string of the molecule is c1cc(CN2CCCn3cncc3C2)n(-c2nccs2)c1. The number of rotatable bonds is 3. The Balaban J connectivity index is 1.56. The highest BCUT2D eigenvalue weighted by Crippen LogP contribution is 2.19. The summed E-state index contributed by atoms with van der Waals surface area (Å²) in [6.07, 6.45) is 9.04. The minimum absolute atomic E-state index is 0.942. The van der Waals surface area contributed by atoms with Gasteiger partial charge >= 0.3 is 0 Å². The van der Waals surface area contributed by atoms with E-state index < -0.39 is 0 Å². The molecular weight excluding hydrogens is 282 g/mol. The predicted octanol–water partition coefficient (Wildman–Crippen LogP) is 2.54. The van der Waals surface area contributed by atoms with Crippen LogP contribution in [0.1, 0.15) is 17.8 Å². The Hall–Kier alpha value is -1.92. The molecule has 0 unspecified atom stereocenters. The molecule has 0 fully saturated rings. The molecule has 0 aromatic carbocycles. The number of imidazole rings is 1. The van der Waals surface area contributed by atoms with Crippen LogP contribution in [-0.2, 0) is 19.6 Å². The molecule has 0 bridgehead atoms. The molecule has 0 aliphatic carbocycles. The largest absolute Gasteiger partial charge is 0.333 e. The minimum Gasteiger partial charge on any atom is -0.333 e. The summed E-state index contributed by atoms with van der Waals surface area (Å²) in [5.41, 5.74) is 2.60. The van der Waals surface area contributed by atoms with Gasteiger partial charge in [0.2, 0.25) is 0 Å². The number of thiazole rings is 1. The molecule has 0 spiro atoms. The highest BCUT2D eigenvalue weighted by molar-refractivity contribution is 7.12. The summed E-state index contributed by atoms with van der Waals surface area (Å²) < 4.78 is 4.45. The van der Waals surface area contributed by atoms with E-state index >= 15 is 0 Å². The second kappa shape index (κ2) is 5.46. The fourth-order valence-corrected chi connectivity index (χ4v) is 3.54. The maximum Gasteiger partial charge on any atom is 0.193 e. The fraction of sp³-hybridized carbons (Fsp3) is 0.333. The summed E-state index contributed by atoms with van der Waals surface area (Å²) in [5.74, 6) is 0. The maximum atomic E-state index is 4.41. The van der Waals surface area contributed by atoms with Crippen molar-refractivity contribution in [1.29, 1.82) is 0 Å². The Morgan fingerprint density at radius 3 is 3.19 bits per heavy atom. The van der Waals surface area contributed by atoms with Crippen LogP contribution in [-0.4, -0.2) is 30.5 Å². The average Bonchev–Trinajstić information content (AvgIpc) is 3.19. The number of aromatic nitrogens is 4. The standard InChI is InChI=1S/C15H17N5S/c1-3-13(20(7-1)15-17-4-8-21-15)10-18-5-2-6-19-12-16-9-14(19)11-18/h1,3-4,7-9,12H,2,5-6,10-11H2. The quantitative estimate of drug-likeness (QED) is 0.746. The molecule has 6 heteroatoms. The Kier molecular flexibility index (Phi) is 3.33. The molecule has 108 valence electrons. The van der Waals surface area contributed by atoms with E-state index in [2.05, 4.69) is 42.3 Å². The molecule has 3 aromatic rings. The van der Waals surface area contributed by atoms with Crippen LogP contribution < -0.4 is 0 Å². The van der Waals surface area contributed by atoms with Crippen LogP contribution in [0, 0.1) is 0 Å². The zero-order chi connectivity index (χ0) is 14.1. The Morgan fingerprint density at radius 1 is 1.29 bits per heavy atom. The smallest absolute Gasteiger partial charge is 0.193 e. The van der Waals surface area contributed by atoms with Gasteiger partial charge in [0.15, 0.2) is 5.13 Å². The molecule has 0 N–H and O–H groups in total. The molecule has 1 aliphatic rings. The van der Waals surface area contributed by atoms with E-state index in [9.17, 15) is 0 Å². The van der Waals surface area contributed by atoms with Gasteiger partial charge in [-0.25, -0.2) is 9.97 Å². The number of fused-ring (bicyclic) bond motifs is 1. The third-order valence-electron chi connectivity index (χ3n) is 3.90. The topological polar surface area (TPSA) is 38.9 Å². The summed E-state index contributed by atoms with van der Waals surface area (Å²) in [6.45, 7) is 4.09. The molecule has 21 heavy (non-hydrogen) atoms. The van der Waals surface area contributed by atoms with Gasteiger partial charge in [0.05, 0.1) is 12.0 Å². The van der Waals surface area contributed by atoms with E-state index in [1.165, 1.54) is 17.8 Å². The van der Waals surface area contributed by atoms with E-state index in [-0.39, 0.29) is 0 Å². The molecule has 1 aliphatic heterocycles. The van der Waals surface area contributed by atoms with Crippen LogP contribution in [0.2, 0.25) is 0 Å². The molecule has 3 aromatic heterocycles. The summed E-state index contributed by atoms with van der Waals surface area (Å²) >= 11 is 1.67. The van der Waals surface area contributed by atoms with E-state index in [1.807, 2.05) is 24.1 Å². The lowest BCUT2D eigenvalue weighted by Gasteiger charge is -2.20. The van der Waals surface area contributed by atoms with Gasteiger partial charge in [0.1, 0.15) is 0 Å². The normalized spacial score (nSPS) is 15.8. The third kappa shape index (κ3) is 2.52. The Bertz CT molecular complexity index is 712. The number of hydrogen-bond donors (Lipinski definition) is 0. The molecule has 0 amide bonds. The van der Waals surface area contributed by atoms with Gasteiger partial charge in [-0.1, -0.05) is 0 Å².